The Morgan fingerprint density at radius 1 is 1.26 bits per heavy atom. The highest BCUT2D eigenvalue weighted by Gasteiger charge is 2.26. The minimum atomic E-state index is -0.318. The molecular weight excluding hydrogens is 346 g/mol. The van der Waals surface area contributed by atoms with Gasteiger partial charge in [-0.25, -0.2) is 9.59 Å². The van der Waals surface area contributed by atoms with Crippen LogP contribution in [0.5, 0.6) is 5.75 Å². The number of nitrogens with one attached hydrogen (secondary N) is 2. The van der Waals surface area contributed by atoms with Crippen molar-refractivity contribution in [3.63, 3.8) is 0 Å². The lowest BCUT2D eigenvalue weighted by atomic mass is 10.2. The topological polar surface area (TPSA) is 86.8 Å². The summed E-state index contributed by atoms with van der Waals surface area (Å²) in [5, 5.41) is 5.53. The van der Waals surface area contributed by atoms with E-state index in [2.05, 4.69) is 15.6 Å². The van der Waals surface area contributed by atoms with Crippen LogP contribution in [0.4, 0.5) is 21.0 Å². The van der Waals surface area contributed by atoms with E-state index in [0.29, 0.717) is 31.1 Å². The van der Waals surface area contributed by atoms with Crippen molar-refractivity contribution in [3.05, 3.63) is 48.8 Å². The maximum Gasteiger partial charge on any atom is 0.324 e. The predicted molar refractivity (Wildman–Crippen MR) is 103 cm³/mol. The van der Waals surface area contributed by atoms with E-state index in [4.69, 9.17) is 4.74 Å². The zero-order valence-corrected chi connectivity index (χ0v) is 15.4. The number of hydrogen-bond donors (Lipinski definition) is 2. The van der Waals surface area contributed by atoms with E-state index in [0.717, 1.165) is 5.69 Å². The normalized spacial score (nSPS) is 14.8. The van der Waals surface area contributed by atoms with Crippen molar-refractivity contribution in [2.24, 2.45) is 0 Å². The number of rotatable bonds is 6. The average Bonchev–Trinajstić information content (AvgIpc) is 3.00. The molecule has 0 radical (unpaired) electrons. The number of hydrogen-bond acceptors (Lipinski definition) is 4. The number of likely N-dealkylation sites (N-methyl/N-ethyl adjacent to an activating group) is 1. The molecule has 4 amide bonds. The van der Waals surface area contributed by atoms with Crippen molar-refractivity contribution in [1.29, 1.82) is 0 Å². The molecule has 1 fully saturated rings. The molecular formula is C19H23N5O3. The zero-order chi connectivity index (χ0) is 19.2. The van der Waals surface area contributed by atoms with Crippen LogP contribution in [0, 0.1) is 0 Å². The number of nitrogens with zero attached hydrogens (tertiary/aromatic N) is 3. The van der Waals surface area contributed by atoms with Gasteiger partial charge in [0.05, 0.1) is 12.7 Å². The molecule has 142 valence electrons. The number of urea groups is 2. The van der Waals surface area contributed by atoms with Gasteiger partial charge in [0, 0.05) is 37.7 Å². The molecule has 2 N–H and O–H groups in total. The third kappa shape index (κ3) is 4.87. The van der Waals surface area contributed by atoms with Crippen molar-refractivity contribution in [3.8, 4) is 5.75 Å². The summed E-state index contributed by atoms with van der Waals surface area (Å²) in [6.45, 7) is 3.59. The van der Waals surface area contributed by atoms with Gasteiger partial charge in [-0.05, 0) is 43.3 Å². The minimum absolute atomic E-state index is 0.0175. The monoisotopic (exact) mass is 369 g/mol. The fourth-order valence-electron chi connectivity index (χ4n) is 2.71. The number of pyridine rings is 1. The highest BCUT2D eigenvalue weighted by Crippen LogP contribution is 2.21. The molecule has 0 spiro atoms. The number of ether oxygens (including phenoxy) is 1. The van der Waals surface area contributed by atoms with Gasteiger partial charge in [-0.15, -0.1) is 0 Å². The molecule has 1 aromatic heterocycles. The van der Waals surface area contributed by atoms with Crippen molar-refractivity contribution < 1.29 is 14.3 Å². The Morgan fingerprint density at radius 2 is 2.04 bits per heavy atom. The first-order valence-electron chi connectivity index (χ1n) is 8.77. The van der Waals surface area contributed by atoms with E-state index in [-0.39, 0.29) is 18.2 Å². The Morgan fingerprint density at radius 3 is 2.67 bits per heavy atom. The van der Waals surface area contributed by atoms with E-state index in [1.807, 2.05) is 25.1 Å². The lowest BCUT2D eigenvalue weighted by Crippen LogP contribution is -2.36. The summed E-state index contributed by atoms with van der Waals surface area (Å²) in [5.74, 6) is 0.657. The van der Waals surface area contributed by atoms with Crippen LogP contribution < -0.4 is 20.3 Å². The third-order valence-electron chi connectivity index (χ3n) is 4.18. The number of carbonyl (C=O) groups excluding carboxylic acids is 2. The highest BCUT2D eigenvalue weighted by atomic mass is 16.5. The molecule has 27 heavy (non-hydrogen) atoms. The van der Waals surface area contributed by atoms with Crippen LogP contribution in [-0.2, 0) is 0 Å². The largest absolute Gasteiger partial charge is 0.487 e. The number of carbonyl (C=O) groups is 2. The van der Waals surface area contributed by atoms with Gasteiger partial charge in [-0.3, -0.25) is 9.88 Å². The smallest absolute Gasteiger partial charge is 0.324 e. The molecule has 0 saturated carbocycles. The molecule has 8 heteroatoms. The molecule has 3 rings (SSSR count). The molecule has 0 aliphatic carbocycles. The van der Waals surface area contributed by atoms with Gasteiger partial charge in [0.25, 0.3) is 0 Å². The summed E-state index contributed by atoms with van der Waals surface area (Å²) < 4.78 is 5.66. The molecule has 2 aromatic rings. The van der Waals surface area contributed by atoms with Crippen LogP contribution in [-0.4, -0.2) is 54.7 Å². The molecule has 1 saturated heterocycles. The summed E-state index contributed by atoms with van der Waals surface area (Å²) in [4.78, 5) is 31.4. The second kappa shape index (κ2) is 8.39. The summed E-state index contributed by atoms with van der Waals surface area (Å²) in [5.41, 5.74) is 1.46. The first-order valence-corrected chi connectivity index (χ1v) is 8.77. The summed E-state index contributed by atoms with van der Waals surface area (Å²) in [7, 11) is 1.78. The van der Waals surface area contributed by atoms with Gasteiger partial charge in [-0.2, -0.15) is 0 Å². The zero-order valence-electron chi connectivity index (χ0n) is 15.4. The average molecular weight is 369 g/mol. The summed E-state index contributed by atoms with van der Waals surface area (Å²) in [6.07, 6.45) is 3.11. The molecule has 2 heterocycles. The molecule has 0 unspecified atom stereocenters. The number of amides is 4. The van der Waals surface area contributed by atoms with Gasteiger partial charge in [0.1, 0.15) is 11.9 Å². The fourth-order valence-corrected chi connectivity index (χ4v) is 2.71. The Labute approximate surface area is 158 Å². The van der Waals surface area contributed by atoms with Gasteiger partial charge < -0.3 is 20.3 Å². The van der Waals surface area contributed by atoms with Crippen molar-refractivity contribution in [2.75, 3.05) is 36.9 Å². The van der Waals surface area contributed by atoms with Gasteiger partial charge in [0.2, 0.25) is 0 Å². The first kappa shape index (κ1) is 18.5. The standard InChI is InChI=1S/C19H23N5O3/c1-14(27-17-4-3-9-20-13-17)12-21-18(25)22-15-5-7-16(8-6-15)24-11-10-23(2)19(24)26/h3-9,13-14H,10-12H2,1-2H3,(H2,21,22,25)/t14-/m0/s1. The lowest BCUT2D eigenvalue weighted by Gasteiger charge is -2.17. The van der Waals surface area contributed by atoms with Crippen LogP contribution in [0.3, 0.4) is 0 Å². The Hall–Kier alpha value is -3.29. The SMILES string of the molecule is C[C@@H](CNC(=O)Nc1ccc(N2CCN(C)C2=O)cc1)Oc1cccnc1. The van der Waals surface area contributed by atoms with E-state index < -0.39 is 0 Å². The number of anilines is 2. The predicted octanol–water partition coefficient (Wildman–Crippen LogP) is 2.54. The lowest BCUT2D eigenvalue weighted by molar-refractivity contribution is 0.211. The summed E-state index contributed by atoms with van der Waals surface area (Å²) >= 11 is 0. The van der Waals surface area contributed by atoms with Crippen molar-refractivity contribution >= 4 is 23.4 Å². The third-order valence-corrected chi connectivity index (χ3v) is 4.18. The van der Waals surface area contributed by atoms with E-state index in [9.17, 15) is 9.59 Å². The minimum Gasteiger partial charge on any atom is -0.487 e. The quantitative estimate of drug-likeness (QED) is 0.819. The van der Waals surface area contributed by atoms with Crippen LogP contribution >= 0.6 is 0 Å². The van der Waals surface area contributed by atoms with Crippen molar-refractivity contribution in [2.45, 2.75) is 13.0 Å². The van der Waals surface area contributed by atoms with Crippen LogP contribution in [0.1, 0.15) is 6.92 Å². The van der Waals surface area contributed by atoms with Gasteiger partial charge in [0.15, 0.2) is 0 Å². The molecule has 1 aliphatic rings. The second-order valence-corrected chi connectivity index (χ2v) is 6.35. The number of benzene rings is 1. The van der Waals surface area contributed by atoms with E-state index in [1.165, 1.54) is 0 Å². The van der Waals surface area contributed by atoms with Gasteiger partial charge >= 0.3 is 12.1 Å². The van der Waals surface area contributed by atoms with Gasteiger partial charge in [-0.1, -0.05) is 0 Å². The molecule has 1 atom stereocenters. The highest BCUT2D eigenvalue weighted by molar-refractivity contribution is 5.94. The van der Waals surface area contributed by atoms with Crippen LogP contribution in [0.25, 0.3) is 0 Å². The molecule has 1 aromatic carbocycles. The Balaban J connectivity index is 1.46. The molecule has 0 bridgehead atoms. The summed E-state index contributed by atoms with van der Waals surface area (Å²) in [6, 6.07) is 10.5. The molecule has 8 nitrogen and oxygen atoms in total. The first-order chi connectivity index (χ1) is 13.0. The number of aromatic nitrogens is 1. The maximum absolute atomic E-state index is 12.0. The van der Waals surface area contributed by atoms with Crippen LogP contribution in [0.2, 0.25) is 0 Å². The fraction of sp³-hybridized carbons (Fsp3) is 0.316. The second-order valence-electron chi connectivity index (χ2n) is 6.35. The van der Waals surface area contributed by atoms with E-state index >= 15 is 0 Å². The Bertz CT molecular complexity index is 782. The van der Waals surface area contributed by atoms with Crippen LogP contribution in [0.15, 0.2) is 48.8 Å². The van der Waals surface area contributed by atoms with E-state index in [1.54, 1.807) is 47.4 Å². The molecule has 1 aliphatic heterocycles. The maximum atomic E-state index is 12.0. The Kier molecular flexibility index (Phi) is 5.75. The van der Waals surface area contributed by atoms with Crippen molar-refractivity contribution in [1.82, 2.24) is 15.2 Å².